The van der Waals surface area contributed by atoms with E-state index < -0.39 is 0 Å². The van der Waals surface area contributed by atoms with E-state index >= 15 is 0 Å². The lowest BCUT2D eigenvalue weighted by molar-refractivity contribution is 0.0709. The Morgan fingerprint density at radius 1 is 0.647 bits per heavy atom. The highest BCUT2D eigenvalue weighted by Crippen LogP contribution is 2.51. The van der Waals surface area contributed by atoms with E-state index in [0.717, 1.165) is 54.4 Å². The summed E-state index contributed by atoms with van der Waals surface area (Å²) in [5, 5.41) is 0. The van der Waals surface area contributed by atoms with Gasteiger partial charge in [0.1, 0.15) is 11.6 Å². The van der Waals surface area contributed by atoms with E-state index in [4.69, 9.17) is 0 Å². The number of benzene rings is 1. The topological polar surface area (TPSA) is 0 Å². The number of rotatable bonds is 10. The van der Waals surface area contributed by atoms with Crippen LogP contribution in [0.2, 0.25) is 0 Å². The molecule has 3 fully saturated rings. The summed E-state index contributed by atoms with van der Waals surface area (Å²) in [4.78, 5) is 0. The molecule has 0 nitrogen and oxygen atoms in total. The van der Waals surface area contributed by atoms with Crippen molar-refractivity contribution >= 4 is 0 Å². The van der Waals surface area contributed by atoms with Crippen LogP contribution >= 0.6 is 0 Å². The van der Waals surface area contributed by atoms with Gasteiger partial charge in [-0.25, -0.2) is 8.78 Å². The van der Waals surface area contributed by atoms with Gasteiger partial charge < -0.3 is 0 Å². The third kappa shape index (κ3) is 6.64. The minimum absolute atomic E-state index is 0.284. The number of unbranched alkanes of at least 4 members (excludes halogenated alkanes) is 4. The van der Waals surface area contributed by atoms with Crippen molar-refractivity contribution < 1.29 is 8.78 Å². The molecular formula is C32H50F2. The average molecular weight is 473 g/mol. The molecule has 3 saturated carbocycles. The standard InChI is InChI=1S/C32H50F2/c1-3-5-6-7-8-10-23-11-13-24(14-12-23)25-15-16-27-20-28(18-17-26(27)19-25)29-21-31(33)30(9-4-2)32(34)22-29/h21-28H,3-20H2,1-2H3. The van der Waals surface area contributed by atoms with Gasteiger partial charge in [-0.2, -0.15) is 0 Å². The molecule has 3 aliphatic carbocycles. The largest absolute Gasteiger partial charge is 0.207 e. The highest BCUT2D eigenvalue weighted by Gasteiger charge is 2.39. The van der Waals surface area contributed by atoms with Crippen LogP contribution in [0.15, 0.2) is 12.1 Å². The lowest BCUT2D eigenvalue weighted by atomic mass is 9.60. The quantitative estimate of drug-likeness (QED) is 0.297. The van der Waals surface area contributed by atoms with E-state index in [1.807, 2.05) is 6.92 Å². The van der Waals surface area contributed by atoms with E-state index in [0.29, 0.717) is 12.3 Å². The van der Waals surface area contributed by atoms with Gasteiger partial charge in [0.15, 0.2) is 0 Å². The van der Waals surface area contributed by atoms with Crippen LogP contribution in [-0.4, -0.2) is 0 Å². The minimum Gasteiger partial charge on any atom is -0.207 e. The fourth-order valence-corrected chi connectivity index (χ4v) is 7.99. The summed E-state index contributed by atoms with van der Waals surface area (Å²) in [6, 6.07) is 3.32. The highest BCUT2D eigenvalue weighted by molar-refractivity contribution is 5.29. The minimum atomic E-state index is -0.320. The zero-order valence-corrected chi connectivity index (χ0v) is 22.1. The van der Waals surface area contributed by atoms with Gasteiger partial charge in [0.05, 0.1) is 0 Å². The summed E-state index contributed by atoms with van der Waals surface area (Å²) < 4.78 is 29.1. The maximum Gasteiger partial charge on any atom is 0.129 e. The Balaban J connectivity index is 1.22. The van der Waals surface area contributed by atoms with E-state index in [1.165, 1.54) is 89.9 Å². The Kier molecular flexibility index (Phi) is 9.89. The summed E-state index contributed by atoms with van der Waals surface area (Å²) in [7, 11) is 0. The molecule has 192 valence electrons. The van der Waals surface area contributed by atoms with Gasteiger partial charge >= 0.3 is 0 Å². The van der Waals surface area contributed by atoms with Gasteiger partial charge in [-0.1, -0.05) is 71.6 Å². The Labute approximate surface area is 208 Å². The lowest BCUT2D eigenvalue weighted by Gasteiger charge is -2.45. The van der Waals surface area contributed by atoms with Gasteiger partial charge in [0, 0.05) is 5.56 Å². The molecule has 0 heterocycles. The summed E-state index contributed by atoms with van der Waals surface area (Å²) in [5.74, 6) is 4.28. The third-order valence-electron chi connectivity index (χ3n) is 10.1. The summed E-state index contributed by atoms with van der Waals surface area (Å²) >= 11 is 0. The number of hydrogen-bond acceptors (Lipinski definition) is 0. The van der Waals surface area contributed by atoms with Crippen molar-refractivity contribution in [1.29, 1.82) is 0 Å². The molecule has 0 N–H and O–H groups in total. The zero-order chi connectivity index (χ0) is 23.9. The van der Waals surface area contributed by atoms with Crippen molar-refractivity contribution in [2.45, 2.75) is 135 Å². The smallest absolute Gasteiger partial charge is 0.129 e. The van der Waals surface area contributed by atoms with Crippen molar-refractivity contribution in [3.05, 3.63) is 34.9 Å². The maximum absolute atomic E-state index is 14.5. The maximum atomic E-state index is 14.5. The van der Waals surface area contributed by atoms with Crippen LogP contribution in [0.3, 0.4) is 0 Å². The molecule has 0 amide bonds. The zero-order valence-electron chi connectivity index (χ0n) is 22.1. The molecule has 1 aromatic rings. The second-order valence-corrected chi connectivity index (χ2v) is 12.3. The van der Waals surface area contributed by atoms with Crippen LogP contribution in [0.25, 0.3) is 0 Å². The first-order valence-corrected chi connectivity index (χ1v) is 15.1. The fourth-order valence-electron chi connectivity index (χ4n) is 7.99. The third-order valence-corrected chi connectivity index (χ3v) is 10.1. The van der Waals surface area contributed by atoms with Crippen molar-refractivity contribution in [3.8, 4) is 0 Å². The molecule has 4 rings (SSSR count). The molecule has 4 atom stereocenters. The summed E-state index contributed by atoms with van der Waals surface area (Å²) in [6.45, 7) is 4.28. The van der Waals surface area contributed by atoms with Gasteiger partial charge in [-0.15, -0.1) is 0 Å². The van der Waals surface area contributed by atoms with Crippen LogP contribution in [0.4, 0.5) is 8.78 Å². The summed E-state index contributed by atoms with van der Waals surface area (Å²) in [5.41, 5.74) is 1.20. The van der Waals surface area contributed by atoms with Crippen LogP contribution in [0, 0.1) is 41.2 Å². The molecule has 3 aliphatic rings. The van der Waals surface area contributed by atoms with Gasteiger partial charge in [0.2, 0.25) is 0 Å². The Morgan fingerprint density at radius 2 is 1.24 bits per heavy atom. The molecule has 0 spiro atoms. The first kappa shape index (κ1) is 26.2. The SMILES string of the molecule is CCCCCCCC1CCC(C2CCC3CC(c4cc(F)c(CCC)c(F)c4)CCC3C2)CC1. The monoisotopic (exact) mass is 472 g/mol. The highest BCUT2D eigenvalue weighted by atomic mass is 19.1. The molecule has 4 unspecified atom stereocenters. The first-order chi connectivity index (χ1) is 16.6. The molecule has 0 radical (unpaired) electrons. The Hall–Kier alpha value is -0.920. The summed E-state index contributed by atoms with van der Waals surface area (Å²) in [6.07, 6.45) is 23.5. The number of halogens is 2. The van der Waals surface area contributed by atoms with Crippen LogP contribution in [-0.2, 0) is 6.42 Å². The van der Waals surface area contributed by atoms with Crippen molar-refractivity contribution in [2.75, 3.05) is 0 Å². The predicted molar refractivity (Wildman–Crippen MR) is 140 cm³/mol. The van der Waals surface area contributed by atoms with Crippen molar-refractivity contribution in [1.82, 2.24) is 0 Å². The Bertz CT molecular complexity index is 724. The molecule has 34 heavy (non-hydrogen) atoms. The Morgan fingerprint density at radius 3 is 1.91 bits per heavy atom. The van der Waals surface area contributed by atoms with Crippen molar-refractivity contribution in [2.24, 2.45) is 29.6 Å². The molecule has 0 saturated heterocycles. The molecule has 1 aromatic carbocycles. The molecule has 0 aliphatic heterocycles. The van der Waals surface area contributed by atoms with Gasteiger partial charge in [-0.3, -0.25) is 0 Å². The van der Waals surface area contributed by atoms with Crippen LogP contribution in [0.5, 0.6) is 0 Å². The predicted octanol–water partition coefficient (Wildman–Crippen LogP) is 10.4. The van der Waals surface area contributed by atoms with Crippen LogP contribution in [0.1, 0.15) is 140 Å². The van der Waals surface area contributed by atoms with E-state index in [1.54, 1.807) is 12.1 Å². The second kappa shape index (κ2) is 12.9. The first-order valence-electron chi connectivity index (χ1n) is 15.1. The second-order valence-electron chi connectivity index (χ2n) is 12.3. The molecular weight excluding hydrogens is 422 g/mol. The van der Waals surface area contributed by atoms with Gasteiger partial charge in [0.25, 0.3) is 0 Å². The van der Waals surface area contributed by atoms with Crippen molar-refractivity contribution in [3.63, 3.8) is 0 Å². The van der Waals surface area contributed by atoms with E-state index in [2.05, 4.69) is 6.92 Å². The molecule has 0 bridgehead atoms. The van der Waals surface area contributed by atoms with E-state index in [-0.39, 0.29) is 17.2 Å². The van der Waals surface area contributed by atoms with E-state index in [9.17, 15) is 8.78 Å². The number of hydrogen-bond donors (Lipinski definition) is 0. The normalized spacial score (nSPS) is 31.9. The molecule has 0 aromatic heterocycles. The van der Waals surface area contributed by atoms with Crippen LogP contribution < -0.4 is 0 Å². The lowest BCUT2D eigenvalue weighted by Crippen LogP contribution is -2.34. The number of fused-ring (bicyclic) bond motifs is 1. The average Bonchev–Trinajstić information content (AvgIpc) is 2.86. The molecule has 2 heteroatoms. The fraction of sp³-hybridized carbons (Fsp3) is 0.812. The van der Waals surface area contributed by atoms with Gasteiger partial charge in [-0.05, 0) is 111 Å².